The molecule has 2 aliphatic rings. The Bertz CT molecular complexity index is 735. The molecule has 0 radical (unpaired) electrons. The average Bonchev–Trinajstić information content (AvgIpc) is 2.62. The lowest BCUT2D eigenvalue weighted by Crippen LogP contribution is -2.48. The smallest absolute Gasteiger partial charge is 0.221 e. The zero-order valence-corrected chi connectivity index (χ0v) is 15.1. The molecule has 2 atom stereocenters. The molecule has 1 saturated heterocycles. The van der Waals surface area contributed by atoms with Gasteiger partial charge in [0.2, 0.25) is 5.91 Å². The molecule has 0 saturated carbocycles. The summed E-state index contributed by atoms with van der Waals surface area (Å²) in [5.41, 5.74) is 0. The van der Waals surface area contributed by atoms with Gasteiger partial charge in [-0.2, -0.15) is 0 Å². The zero-order chi connectivity index (χ0) is 17.9. The van der Waals surface area contributed by atoms with E-state index >= 15 is 0 Å². The zero-order valence-electron chi connectivity index (χ0n) is 14.3. The highest BCUT2D eigenvalue weighted by atomic mass is 32.2. The van der Waals surface area contributed by atoms with E-state index < -0.39 is 9.84 Å². The Morgan fingerprint density at radius 2 is 2.04 bits per heavy atom. The molecule has 2 aliphatic heterocycles. The van der Waals surface area contributed by atoms with Gasteiger partial charge in [0, 0.05) is 18.5 Å². The van der Waals surface area contributed by atoms with E-state index in [9.17, 15) is 13.2 Å². The van der Waals surface area contributed by atoms with E-state index in [0.717, 1.165) is 19.5 Å². The fraction of sp³-hybridized carbons (Fsp3) is 0.588. The first-order valence-corrected chi connectivity index (χ1v) is 10.2. The van der Waals surface area contributed by atoms with Crippen molar-refractivity contribution in [3.8, 4) is 11.5 Å². The number of piperidine rings is 1. The van der Waals surface area contributed by atoms with E-state index in [1.807, 2.05) is 0 Å². The number of carbonyl (C=O) groups is 1. The Labute approximate surface area is 148 Å². The first-order valence-electron chi connectivity index (χ1n) is 8.58. The van der Waals surface area contributed by atoms with Crippen molar-refractivity contribution < 1.29 is 22.7 Å². The topological polar surface area (TPSA) is 93.7 Å². The van der Waals surface area contributed by atoms with Crippen LogP contribution in [0.3, 0.4) is 0 Å². The molecule has 0 aromatic heterocycles. The van der Waals surface area contributed by atoms with Crippen LogP contribution in [0.5, 0.6) is 11.5 Å². The van der Waals surface area contributed by atoms with Crippen molar-refractivity contribution in [1.82, 2.24) is 10.6 Å². The lowest BCUT2D eigenvalue weighted by Gasteiger charge is -2.30. The second-order valence-corrected chi connectivity index (χ2v) is 8.63. The third-order valence-electron chi connectivity index (χ3n) is 4.60. The molecule has 8 heteroatoms. The Hall–Kier alpha value is -1.80. The monoisotopic (exact) mass is 368 g/mol. The number of amides is 1. The SMILES string of the molecule is CC1CNCCC1NC(=O)CCS(=O)(=O)c1ccc2c(c1)OCCO2. The van der Waals surface area contributed by atoms with Gasteiger partial charge in [-0.1, -0.05) is 6.92 Å². The van der Waals surface area contributed by atoms with Gasteiger partial charge in [-0.3, -0.25) is 4.79 Å². The lowest BCUT2D eigenvalue weighted by molar-refractivity contribution is -0.121. The summed E-state index contributed by atoms with van der Waals surface area (Å²) in [7, 11) is -3.55. The van der Waals surface area contributed by atoms with Crippen molar-refractivity contribution in [3.63, 3.8) is 0 Å². The van der Waals surface area contributed by atoms with Crippen LogP contribution in [0.15, 0.2) is 23.1 Å². The molecule has 0 bridgehead atoms. The average molecular weight is 368 g/mol. The van der Waals surface area contributed by atoms with Gasteiger partial charge in [-0.25, -0.2) is 8.42 Å². The van der Waals surface area contributed by atoms with Crippen LogP contribution < -0.4 is 20.1 Å². The number of rotatable bonds is 5. The molecule has 2 unspecified atom stereocenters. The van der Waals surface area contributed by atoms with Crippen LogP contribution in [-0.2, 0) is 14.6 Å². The van der Waals surface area contributed by atoms with Gasteiger partial charge in [-0.15, -0.1) is 0 Å². The Balaban J connectivity index is 1.59. The molecule has 0 aliphatic carbocycles. The maximum Gasteiger partial charge on any atom is 0.221 e. The molecule has 138 valence electrons. The highest BCUT2D eigenvalue weighted by Gasteiger charge is 2.24. The van der Waals surface area contributed by atoms with E-state index in [1.54, 1.807) is 6.07 Å². The third-order valence-corrected chi connectivity index (χ3v) is 6.32. The van der Waals surface area contributed by atoms with E-state index in [4.69, 9.17) is 9.47 Å². The van der Waals surface area contributed by atoms with Crippen molar-refractivity contribution in [2.24, 2.45) is 5.92 Å². The predicted octanol–water partition coefficient (Wildman–Crippen LogP) is 0.736. The molecule has 2 heterocycles. The van der Waals surface area contributed by atoms with Crippen LogP contribution in [0.4, 0.5) is 0 Å². The van der Waals surface area contributed by atoms with E-state index in [1.165, 1.54) is 12.1 Å². The van der Waals surface area contributed by atoms with Gasteiger partial charge in [0.05, 0.1) is 10.6 Å². The Kier molecular flexibility index (Phi) is 5.48. The van der Waals surface area contributed by atoms with Crippen LogP contribution in [-0.4, -0.2) is 52.4 Å². The van der Waals surface area contributed by atoms with E-state index in [-0.39, 0.29) is 29.0 Å². The first-order chi connectivity index (χ1) is 12.0. The fourth-order valence-electron chi connectivity index (χ4n) is 3.07. The number of ether oxygens (including phenoxy) is 2. The maximum absolute atomic E-state index is 12.5. The predicted molar refractivity (Wildman–Crippen MR) is 92.7 cm³/mol. The van der Waals surface area contributed by atoms with Gasteiger partial charge in [0.1, 0.15) is 13.2 Å². The minimum absolute atomic E-state index is 0.0482. The fourth-order valence-corrected chi connectivity index (χ4v) is 4.32. The summed E-state index contributed by atoms with van der Waals surface area (Å²) in [6, 6.07) is 4.66. The molecular weight excluding hydrogens is 344 g/mol. The number of sulfone groups is 1. The molecule has 3 rings (SSSR count). The normalized spacial score (nSPS) is 23.1. The van der Waals surface area contributed by atoms with Crippen LogP contribution in [0.2, 0.25) is 0 Å². The van der Waals surface area contributed by atoms with Gasteiger partial charge < -0.3 is 20.1 Å². The minimum Gasteiger partial charge on any atom is -0.486 e. The molecule has 1 aromatic carbocycles. The summed E-state index contributed by atoms with van der Waals surface area (Å²) in [6.45, 7) is 4.65. The minimum atomic E-state index is -3.55. The number of carbonyl (C=O) groups excluding carboxylic acids is 1. The number of hydrogen-bond donors (Lipinski definition) is 2. The van der Waals surface area contributed by atoms with Crippen LogP contribution in [0, 0.1) is 5.92 Å². The summed E-state index contributed by atoms with van der Waals surface area (Å²) in [4.78, 5) is 12.3. The highest BCUT2D eigenvalue weighted by molar-refractivity contribution is 7.91. The van der Waals surface area contributed by atoms with Gasteiger partial charge in [0.25, 0.3) is 0 Å². The molecule has 2 N–H and O–H groups in total. The third kappa shape index (κ3) is 4.43. The number of nitrogens with one attached hydrogen (secondary N) is 2. The second kappa shape index (κ2) is 7.61. The molecule has 1 aromatic rings. The van der Waals surface area contributed by atoms with E-state index in [2.05, 4.69) is 17.6 Å². The van der Waals surface area contributed by atoms with Crippen LogP contribution in [0.1, 0.15) is 19.8 Å². The van der Waals surface area contributed by atoms with Gasteiger partial charge >= 0.3 is 0 Å². The molecule has 25 heavy (non-hydrogen) atoms. The van der Waals surface area contributed by atoms with E-state index in [0.29, 0.717) is 30.6 Å². The summed E-state index contributed by atoms with van der Waals surface area (Å²) >= 11 is 0. The number of hydrogen-bond acceptors (Lipinski definition) is 6. The molecule has 1 amide bonds. The van der Waals surface area contributed by atoms with Crippen molar-refractivity contribution in [2.45, 2.75) is 30.7 Å². The first kappa shape index (κ1) is 18.0. The quantitative estimate of drug-likeness (QED) is 0.796. The van der Waals surface area contributed by atoms with Gasteiger partial charge in [0.15, 0.2) is 21.3 Å². The molecule has 7 nitrogen and oxygen atoms in total. The largest absolute Gasteiger partial charge is 0.486 e. The number of benzene rings is 1. The van der Waals surface area contributed by atoms with Crippen molar-refractivity contribution in [1.29, 1.82) is 0 Å². The lowest BCUT2D eigenvalue weighted by atomic mass is 9.95. The highest BCUT2D eigenvalue weighted by Crippen LogP contribution is 2.32. The standard InChI is InChI=1S/C17H24N2O5S/c1-12-11-18-6-4-14(12)19-17(20)5-9-25(21,22)13-2-3-15-16(10-13)24-8-7-23-15/h2-3,10,12,14,18H,4-9,11H2,1H3,(H,19,20). The molecule has 0 spiro atoms. The Morgan fingerprint density at radius 3 is 2.80 bits per heavy atom. The number of fused-ring (bicyclic) bond motifs is 1. The van der Waals surface area contributed by atoms with Gasteiger partial charge in [-0.05, 0) is 37.6 Å². The van der Waals surface area contributed by atoms with Crippen molar-refractivity contribution >= 4 is 15.7 Å². The van der Waals surface area contributed by atoms with Crippen molar-refractivity contribution in [3.05, 3.63) is 18.2 Å². The summed E-state index contributed by atoms with van der Waals surface area (Å²) in [6.07, 6.45) is 0.815. The Morgan fingerprint density at radius 1 is 1.28 bits per heavy atom. The summed E-state index contributed by atoms with van der Waals surface area (Å²) in [5.74, 6) is 0.868. The van der Waals surface area contributed by atoms with Crippen LogP contribution in [0.25, 0.3) is 0 Å². The summed E-state index contributed by atoms with van der Waals surface area (Å²) < 4.78 is 35.8. The maximum atomic E-state index is 12.5. The second-order valence-electron chi connectivity index (χ2n) is 6.52. The van der Waals surface area contributed by atoms with Crippen LogP contribution >= 0.6 is 0 Å². The summed E-state index contributed by atoms with van der Waals surface area (Å²) in [5, 5.41) is 6.23. The van der Waals surface area contributed by atoms with Crippen molar-refractivity contribution in [2.75, 3.05) is 32.1 Å². The molecule has 1 fully saturated rings. The molecular formula is C17H24N2O5S.